The van der Waals surface area contributed by atoms with Crippen molar-refractivity contribution in [1.29, 1.82) is 0 Å². The highest BCUT2D eigenvalue weighted by atomic mass is 16.2. The normalized spacial score (nSPS) is 12.1. The summed E-state index contributed by atoms with van der Waals surface area (Å²) < 4.78 is 0. The number of rotatable bonds is 4. The van der Waals surface area contributed by atoms with Crippen LogP contribution in [-0.4, -0.2) is 29.1 Å². The summed E-state index contributed by atoms with van der Waals surface area (Å²) in [6.45, 7) is 3.74. The molecule has 2 N–H and O–H groups in total. The van der Waals surface area contributed by atoms with E-state index in [0.29, 0.717) is 5.69 Å². The Morgan fingerprint density at radius 1 is 1.44 bits per heavy atom. The Morgan fingerprint density at radius 3 is 2.83 bits per heavy atom. The van der Waals surface area contributed by atoms with Crippen molar-refractivity contribution in [1.82, 2.24) is 15.7 Å². The number of nitrogens with zero attached hydrogens (tertiary/aromatic N) is 2. The highest BCUT2D eigenvalue weighted by molar-refractivity contribution is 6.35. The molecule has 0 bridgehead atoms. The third kappa shape index (κ3) is 4.73. The number of carbonyl (C=O) groups excluding carboxylic acids is 2. The summed E-state index contributed by atoms with van der Waals surface area (Å²) in [7, 11) is 0. The van der Waals surface area contributed by atoms with E-state index >= 15 is 0 Å². The molecule has 1 atom stereocenters. The smallest absolute Gasteiger partial charge is 0.329 e. The molecule has 0 radical (unpaired) electrons. The topological polar surface area (TPSA) is 83.5 Å². The predicted octanol–water partition coefficient (Wildman–Crippen LogP) is 0.446. The van der Waals surface area contributed by atoms with Crippen molar-refractivity contribution in [3.8, 4) is 0 Å². The van der Waals surface area contributed by atoms with E-state index < -0.39 is 11.8 Å². The van der Waals surface area contributed by atoms with Crippen LogP contribution >= 0.6 is 0 Å². The van der Waals surface area contributed by atoms with Gasteiger partial charge in [0.15, 0.2) is 0 Å². The van der Waals surface area contributed by atoms with E-state index in [9.17, 15) is 9.59 Å². The first-order chi connectivity index (χ1) is 8.63. The Morgan fingerprint density at radius 2 is 2.22 bits per heavy atom. The van der Waals surface area contributed by atoms with Gasteiger partial charge < -0.3 is 5.32 Å². The molecular weight excluding hydrogens is 232 g/mol. The van der Waals surface area contributed by atoms with Crippen LogP contribution in [0, 0.1) is 0 Å². The molecule has 0 saturated heterocycles. The Hall–Kier alpha value is -2.24. The van der Waals surface area contributed by atoms with Crippen molar-refractivity contribution in [3.63, 3.8) is 0 Å². The minimum atomic E-state index is -0.789. The molecule has 0 fully saturated rings. The van der Waals surface area contributed by atoms with E-state index in [1.165, 1.54) is 6.21 Å². The number of amides is 2. The summed E-state index contributed by atoms with van der Waals surface area (Å²) in [5.74, 6) is -1.48. The van der Waals surface area contributed by atoms with Crippen LogP contribution in [-0.2, 0) is 9.59 Å². The van der Waals surface area contributed by atoms with Gasteiger partial charge in [0, 0.05) is 12.2 Å². The van der Waals surface area contributed by atoms with Gasteiger partial charge >= 0.3 is 11.8 Å². The lowest BCUT2D eigenvalue weighted by Crippen LogP contribution is -2.41. The summed E-state index contributed by atoms with van der Waals surface area (Å²) in [4.78, 5) is 26.7. The second-order valence-corrected chi connectivity index (χ2v) is 3.74. The van der Waals surface area contributed by atoms with Gasteiger partial charge in [-0.3, -0.25) is 14.6 Å². The van der Waals surface area contributed by atoms with Crippen molar-refractivity contribution >= 4 is 18.0 Å². The second-order valence-electron chi connectivity index (χ2n) is 3.74. The minimum Gasteiger partial charge on any atom is -0.345 e. The van der Waals surface area contributed by atoms with E-state index in [1.807, 2.05) is 13.8 Å². The molecule has 1 heterocycles. The Labute approximate surface area is 105 Å². The van der Waals surface area contributed by atoms with E-state index in [2.05, 4.69) is 20.8 Å². The Balaban J connectivity index is 2.41. The largest absolute Gasteiger partial charge is 0.345 e. The van der Waals surface area contributed by atoms with Gasteiger partial charge in [-0.1, -0.05) is 13.0 Å². The highest BCUT2D eigenvalue weighted by Gasteiger charge is 2.14. The highest BCUT2D eigenvalue weighted by Crippen LogP contribution is 1.88. The number of aromatic nitrogens is 1. The van der Waals surface area contributed by atoms with Crippen LogP contribution < -0.4 is 10.7 Å². The molecule has 2 amide bonds. The summed E-state index contributed by atoms with van der Waals surface area (Å²) in [5.41, 5.74) is 2.74. The fourth-order valence-electron chi connectivity index (χ4n) is 1.05. The maximum absolute atomic E-state index is 11.3. The number of hydrogen-bond donors (Lipinski definition) is 2. The van der Waals surface area contributed by atoms with Crippen LogP contribution in [0.2, 0.25) is 0 Å². The standard InChI is InChI=1S/C12H16N4O2/c1-3-9(2)15-11(17)12(18)16-14-8-10-6-4-5-7-13-10/h4-9H,3H2,1-2H3,(H,15,17)(H,16,18)/b14-8-/t9-/m1/s1. The molecule has 0 unspecified atom stereocenters. The first-order valence-electron chi connectivity index (χ1n) is 5.68. The molecule has 6 nitrogen and oxygen atoms in total. The maximum atomic E-state index is 11.3. The van der Waals surface area contributed by atoms with Crippen molar-refractivity contribution in [2.24, 2.45) is 5.10 Å². The number of hydrazone groups is 1. The van der Waals surface area contributed by atoms with Crippen molar-refractivity contribution in [2.75, 3.05) is 0 Å². The molecule has 96 valence electrons. The molecular formula is C12H16N4O2. The van der Waals surface area contributed by atoms with Crippen molar-refractivity contribution in [3.05, 3.63) is 30.1 Å². The maximum Gasteiger partial charge on any atom is 0.329 e. The van der Waals surface area contributed by atoms with Crippen LogP contribution in [0.3, 0.4) is 0 Å². The molecule has 1 aromatic rings. The molecule has 0 aliphatic heterocycles. The lowest BCUT2D eigenvalue weighted by atomic mass is 10.2. The zero-order valence-electron chi connectivity index (χ0n) is 10.4. The predicted molar refractivity (Wildman–Crippen MR) is 67.9 cm³/mol. The summed E-state index contributed by atoms with van der Waals surface area (Å²) in [6, 6.07) is 5.26. The van der Waals surface area contributed by atoms with Crippen LogP contribution in [0.4, 0.5) is 0 Å². The van der Waals surface area contributed by atoms with Gasteiger partial charge in [-0.15, -0.1) is 0 Å². The van der Waals surface area contributed by atoms with Gasteiger partial charge in [-0.25, -0.2) is 5.43 Å². The van der Waals surface area contributed by atoms with Gasteiger partial charge in [-0.05, 0) is 25.5 Å². The quantitative estimate of drug-likeness (QED) is 0.461. The Bertz CT molecular complexity index is 431. The lowest BCUT2D eigenvalue weighted by Gasteiger charge is -2.09. The van der Waals surface area contributed by atoms with E-state index in [-0.39, 0.29) is 6.04 Å². The van der Waals surface area contributed by atoms with E-state index in [1.54, 1.807) is 24.4 Å². The fraction of sp³-hybridized carbons (Fsp3) is 0.333. The van der Waals surface area contributed by atoms with Gasteiger partial charge in [-0.2, -0.15) is 5.10 Å². The monoisotopic (exact) mass is 248 g/mol. The number of nitrogens with one attached hydrogen (secondary N) is 2. The van der Waals surface area contributed by atoms with Crippen molar-refractivity contribution < 1.29 is 9.59 Å². The average molecular weight is 248 g/mol. The van der Waals surface area contributed by atoms with Crippen molar-refractivity contribution in [2.45, 2.75) is 26.3 Å². The van der Waals surface area contributed by atoms with Crippen LogP contribution in [0.5, 0.6) is 0 Å². The summed E-state index contributed by atoms with van der Waals surface area (Å²) in [5, 5.41) is 6.19. The van der Waals surface area contributed by atoms with Crippen LogP contribution in [0.15, 0.2) is 29.5 Å². The zero-order chi connectivity index (χ0) is 13.4. The molecule has 0 aliphatic rings. The average Bonchev–Trinajstić information content (AvgIpc) is 2.39. The van der Waals surface area contributed by atoms with Gasteiger partial charge in [0.25, 0.3) is 0 Å². The van der Waals surface area contributed by atoms with Crippen LogP contribution in [0.25, 0.3) is 0 Å². The van der Waals surface area contributed by atoms with Crippen LogP contribution in [0.1, 0.15) is 26.0 Å². The zero-order valence-corrected chi connectivity index (χ0v) is 10.4. The number of pyridine rings is 1. The fourth-order valence-corrected chi connectivity index (χ4v) is 1.05. The minimum absolute atomic E-state index is 0.0389. The number of carbonyl (C=O) groups is 2. The van der Waals surface area contributed by atoms with E-state index in [0.717, 1.165) is 6.42 Å². The Kier molecular flexibility index (Phi) is 5.50. The molecule has 1 aromatic heterocycles. The first kappa shape index (κ1) is 13.8. The van der Waals surface area contributed by atoms with Gasteiger partial charge in [0.05, 0.1) is 11.9 Å². The van der Waals surface area contributed by atoms with E-state index in [4.69, 9.17) is 0 Å². The molecule has 0 saturated carbocycles. The summed E-state index contributed by atoms with van der Waals surface area (Å²) in [6.07, 6.45) is 3.74. The SMILES string of the molecule is CC[C@@H](C)NC(=O)C(=O)N/N=C\c1ccccn1. The lowest BCUT2D eigenvalue weighted by molar-refractivity contribution is -0.139. The third-order valence-electron chi connectivity index (χ3n) is 2.25. The second kappa shape index (κ2) is 7.16. The third-order valence-corrected chi connectivity index (χ3v) is 2.25. The molecule has 18 heavy (non-hydrogen) atoms. The molecule has 6 heteroatoms. The first-order valence-corrected chi connectivity index (χ1v) is 5.68. The molecule has 0 aliphatic carbocycles. The number of hydrogen-bond acceptors (Lipinski definition) is 4. The molecule has 0 aromatic carbocycles. The molecule has 0 spiro atoms. The van der Waals surface area contributed by atoms with Gasteiger partial charge in [0.2, 0.25) is 0 Å². The molecule has 1 rings (SSSR count). The summed E-state index contributed by atoms with van der Waals surface area (Å²) >= 11 is 0. The van der Waals surface area contributed by atoms with Gasteiger partial charge in [0.1, 0.15) is 0 Å².